The molecule has 16 heavy (non-hydrogen) atoms. The van der Waals surface area contributed by atoms with Gasteiger partial charge in [0.25, 0.3) is 0 Å². The maximum Gasteiger partial charge on any atom is 0.194 e. The molecule has 0 amide bonds. The lowest BCUT2D eigenvalue weighted by molar-refractivity contribution is 0.102. The zero-order valence-electron chi connectivity index (χ0n) is 9.32. The molecule has 0 saturated heterocycles. The number of benzene rings is 1. The van der Waals surface area contributed by atoms with E-state index in [-0.39, 0.29) is 5.78 Å². The van der Waals surface area contributed by atoms with E-state index < -0.39 is 0 Å². The fourth-order valence-corrected chi connectivity index (χ4v) is 1.83. The van der Waals surface area contributed by atoms with Crippen LogP contribution in [0.2, 0.25) is 0 Å². The van der Waals surface area contributed by atoms with E-state index in [1.807, 2.05) is 24.4 Å². The molecule has 2 rings (SSSR count). The third-order valence-electron chi connectivity index (χ3n) is 2.69. The van der Waals surface area contributed by atoms with Crippen LogP contribution in [0.5, 0.6) is 5.75 Å². The minimum Gasteiger partial charge on any atom is -0.496 e. The van der Waals surface area contributed by atoms with Gasteiger partial charge in [-0.1, -0.05) is 12.1 Å². The molecule has 0 aromatic heterocycles. The monoisotopic (exact) mass is 217 g/mol. The molecule has 1 aliphatic heterocycles. The predicted molar refractivity (Wildman–Crippen MR) is 62.6 cm³/mol. The maximum atomic E-state index is 12.2. The second-order valence-electron chi connectivity index (χ2n) is 3.76. The van der Waals surface area contributed by atoms with Crippen LogP contribution < -0.4 is 10.1 Å². The van der Waals surface area contributed by atoms with Crippen molar-refractivity contribution in [2.75, 3.05) is 13.7 Å². The van der Waals surface area contributed by atoms with Crippen molar-refractivity contribution in [3.05, 3.63) is 41.6 Å². The molecule has 3 nitrogen and oxygen atoms in total. The quantitative estimate of drug-likeness (QED) is 0.788. The highest BCUT2D eigenvalue weighted by Crippen LogP contribution is 2.23. The van der Waals surface area contributed by atoms with Gasteiger partial charge in [-0.3, -0.25) is 4.79 Å². The van der Waals surface area contributed by atoms with Crippen molar-refractivity contribution in [3.63, 3.8) is 0 Å². The molecule has 0 radical (unpaired) electrons. The number of ketones is 1. The van der Waals surface area contributed by atoms with Gasteiger partial charge in [0, 0.05) is 18.3 Å². The Balaban J connectivity index is 2.29. The summed E-state index contributed by atoms with van der Waals surface area (Å²) in [5, 5.41) is 3.10. The zero-order chi connectivity index (χ0) is 11.4. The van der Waals surface area contributed by atoms with Crippen LogP contribution in [0.25, 0.3) is 0 Å². The molecular formula is C13H15NO2. The number of ether oxygens (including phenoxy) is 1. The second kappa shape index (κ2) is 4.84. The standard InChI is InChI=1S/C13H15NO2/c1-16-12-7-3-2-6-11(12)13(15)10-5-4-8-14-9-10/h2-3,6-7,9,14H,4-5,8H2,1H3. The Morgan fingerprint density at radius 1 is 1.38 bits per heavy atom. The summed E-state index contributed by atoms with van der Waals surface area (Å²) in [6.45, 7) is 0.947. The molecule has 0 atom stereocenters. The Morgan fingerprint density at radius 3 is 2.88 bits per heavy atom. The summed E-state index contributed by atoms with van der Waals surface area (Å²) in [6.07, 6.45) is 3.66. The predicted octanol–water partition coefficient (Wildman–Crippen LogP) is 2.15. The van der Waals surface area contributed by atoms with Gasteiger partial charge in [0.1, 0.15) is 5.75 Å². The SMILES string of the molecule is COc1ccccc1C(=O)C1=CNCCC1. The molecule has 0 bridgehead atoms. The Hall–Kier alpha value is -1.77. The normalized spacial score (nSPS) is 14.9. The van der Waals surface area contributed by atoms with Gasteiger partial charge in [-0.25, -0.2) is 0 Å². The van der Waals surface area contributed by atoms with Gasteiger partial charge >= 0.3 is 0 Å². The number of carbonyl (C=O) groups excluding carboxylic acids is 1. The summed E-state index contributed by atoms with van der Waals surface area (Å²) in [5.74, 6) is 0.698. The first-order chi connectivity index (χ1) is 7.83. The van der Waals surface area contributed by atoms with Crippen LogP contribution in [-0.2, 0) is 0 Å². The molecule has 0 saturated carbocycles. The van der Waals surface area contributed by atoms with E-state index in [1.165, 1.54) is 0 Å². The van der Waals surface area contributed by atoms with Gasteiger partial charge in [0.05, 0.1) is 12.7 Å². The van der Waals surface area contributed by atoms with Gasteiger partial charge in [0.15, 0.2) is 5.78 Å². The molecule has 1 aromatic rings. The third-order valence-corrected chi connectivity index (χ3v) is 2.69. The highest BCUT2D eigenvalue weighted by Gasteiger charge is 2.17. The molecule has 3 heteroatoms. The van der Waals surface area contributed by atoms with Gasteiger partial charge in [-0.15, -0.1) is 0 Å². The number of allylic oxidation sites excluding steroid dienone is 1. The summed E-state index contributed by atoms with van der Waals surface area (Å²) in [4.78, 5) is 12.2. The van der Waals surface area contributed by atoms with Crippen LogP contribution in [0.3, 0.4) is 0 Å². The summed E-state index contributed by atoms with van der Waals surface area (Å²) >= 11 is 0. The molecule has 1 heterocycles. The van der Waals surface area contributed by atoms with Crippen molar-refractivity contribution < 1.29 is 9.53 Å². The minimum atomic E-state index is 0.0599. The molecule has 1 aromatic carbocycles. The first kappa shape index (κ1) is 10.7. The molecule has 0 spiro atoms. The second-order valence-corrected chi connectivity index (χ2v) is 3.76. The number of para-hydroxylation sites is 1. The smallest absolute Gasteiger partial charge is 0.194 e. The Kier molecular flexibility index (Phi) is 3.25. The van der Waals surface area contributed by atoms with Crippen LogP contribution >= 0.6 is 0 Å². The van der Waals surface area contributed by atoms with Crippen molar-refractivity contribution >= 4 is 5.78 Å². The van der Waals surface area contributed by atoms with Gasteiger partial charge in [0.2, 0.25) is 0 Å². The van der Waals surface area contributed by atoms with Crippen LogP contribution in [0, 0.1) is 0 Å². The van der Waals surface area contributed by atoms with Gasteiger partial charge < -0.3 is 10.1 Å². The highest BCUT2D eigenvalue weighted by atomic mass is 16.5. The van der Waals surface area contributed by atoms with E-state index in [4.69, 9.17) is 4.74 Å². The summed E-state index contributed by atoms with van der Waals surface area (Å²) < 4.78 is 5.19. The summed E-state index contributed by atoms with van der Waals surface area (Å²) in [7, 11) is 1.58. The molecule has 0 fully saturated rings. The number of hydrogen-bond donors (Lipinski definition) is 1. The fraction of sp³-hybridized carbons (Fsp3) is 0.308. The van der Waals surface area contributed by atoms with E-state index >= 15 is 0 Å². The average Bonchev–Trinajstić information content (AvgIpc) is 2.39. The highest BCUT2D eigenvalue weighted by molar-refractivity contribution is 6.10. The van der Waals surface area contributed by atoms with Crippen molar-refractivity contribution in [1.82, 2.24) is 5.32 Å². The van der Waals surface area contributed by atoms with E-state index in [0.29, 0.717) is 11.3 Å². The van der Waals surface area contributed by atoms with E-state index in [9.17, 15) is 4.79 Å². The van der Waals surface area contributed by atoms with Gasteiger partial charge in [-0.2, -0.15) is 0 Å². The minimum absolute atomic E-state index is 0.0599. The fourth-order valence-electron chi connectivity index (χ4n) is 1.83. The third kappa shape index (κ3) is 2.08. The van der Waals surface area contributed by atoms with Crippen LogP contribution in [0.1, 0.15) is 23.2 Å². The molecule has 0 aliphatic carbocycles. The Bertz CT molecular complexity index is 424. The molecule has 0 unspecified atom stereocenters. The van der Waals surface area contributed by atoms with Gasteiger partial charge in [-0.05, 0) is 25.0 Å². The average molecular weight is 217 g/mol. The van der Waals surface area contributed by atoms with Crippen molar-refractivity contribution in [3.8, 4) is 5.75 Å². The summed E-state index contributed by atoms with van der Waals surface area (Å²) in [6, 6.07) is 7.33. The number of methoxy groups -OCH3 is 1. The maximum absolute atomic E-state index is 12.2. The number of hydrogen-bond acceptors (Lipinski definition) is 3. The number of carbonyl (C=O) groups is 1. The zero-order valence-corrected chi connectivity index (χ0v) is 9.32. The molecular weight excluding hydrogens is 202 g/mol. The topological polar surface area (TPSA) is 38.3 Å². The number of rotatable bonds is 3. The van der Waals surface area contributed by atoms with E-state index in [0.717, 1.165) is 25.0 Å². The van der Waals surface area contributed by atoms with Crippen molar-refractivity contribution in [2.45, 2.75) is 12.8 Å². The first-order valence-electron chi connectivity index (χ1n) is 5.43. The summed E-state index contributed by atoms with van der Waals surface area (Å²) in [5.41, 5.74) is 1.47. The molecule has 1 aliphatic rings. The molecule has 84 valence electrons. The van der Waals surface area contributed by atoms with Crippen LogP contribution in [-0.4, -0.2) is 19.4 Å². The van der Waals surface area contributed by atoms with Crippen LogP contribution in [0.4, 0.5) is 0 Å². The lowest BCUT2D eigenvalue weighted by atomic mass is 9.98. The Labute approximate surface area is 95.1 Å². The number of Topliss-reactive ketones (excluding diaryl/α,β-unsaturated/α-hetero) is 1. The Morgan fingerprint density at radius 2 is 2.19 bits per heavy atom. The van der Waals surface area contributed by atoms with Crippen LogP contribution in [0.15, 0.2) is 36.0 Å². The largest absolute Gasteiger partial charge is 0.496 e. The first-order valence-corrected chi connectivity index (χ1v) is 5.43. The van der Waals surface area contributed by atoms with E-state index in [1.54, 1.807) is 13.2 Å². The lowest BCUT2D eigenvalue weighted by Crippen LogP contribution is -2.18. The van der Waals surface area contributed by atoms with E-state index in [2.05, 4.69) is 5.32 Å². The number of nitrogens with one attached hydrogen (secondary N) is 1. The lowest BCUT2D eigenvalue weighted by Gasteiger charge is -2.14. The van der Waals surface area contributed by atoms with Crippen molar-refractivity contribution in [2.24, 2.45) is 0 Å². The molecule has 1 N–H and O–H groups in total. The van der Waals surface area contributed by atoms with Crippen molar-refractivity contribution in [1.29, 1.82) is 0 Å².